The fourth-order valence-electron chi connectivity index (χ4n) is 1.61. The van der Waals surface area contributed by atoms with Crippen molar-refractivity contribution in [3.63, 3.8) is 0 Å². The van der Waals surface area contributed by atoms with Gasteiger partial charge < -0.3 is 5.32 Å². The fourth-order valence-corrected chi connectivity index (χ4v) is 2.57. The number of hydrogen-bond acceptors (Lipinski definition) is 4. The first-order valence-corrected chi connectivity index (χ1v) is 7.41. The molecule has 2 rings (SSSR count). The maximum atomic E-state index is 12.0. The Bertz CT molecular complexity index is 623. The van der Waals surface area contributed by atoms with E-state index in [2.05, 4.69) is 20.2 Å². The molecule has 7 heteroatoms. The standard InChI is InChI=1S/C12H16N4O2S/c1-2-13-7-10-4-3-5-11(6-10)16-19(17,18)12-8-14-15-9-12/h3-6,8-9,13,16H,2,7H2,1H3,(H,14,15). The maximum absolute atomic E-state index is 12.0. The van der Waals surface area contributed by atoms with E-state index in [1.54, 1.807) is 12.1 Å². The highest BCUT2D eigenvalue weighted by atomic mass is 32.2. The molecule has 102 valence electrons. The van der Waals surface area contributed by atoms with E-state index in [4.69, 9.17) is 0 Å². The Balaban J connectivity index is 2.15. The lowest BCUT2D eigenvalue weighted by Gasteiger charge is -2.08. The number of hydrogen-bond donors (Lipinski definition) is 3. The second-order valence-corrected chi connectivity index (χ2v) is 5.70. The Morgan fingerprint density at radius 1 is 1.37 bits per heavy atom. The molecule has 0 aliphatic rings. The third kappa shape index (κ3) is 3.55. The summed E-state index contributed by atoms with van der Waals surface area (Å²) in [5, 5.41) is 9.31. The van der Waals surface area contributed by atoms with Gasteiger partial charge in [-0.2, -0.15) is 5.10 Å². The number of sulfonamides is 1. The van der Waals surface area contributed by atoms with Gasteiger partial charge in [0.25, 0.3) is 10.0 Å². The number of aromatic amines is 1. The molecular weight excluding hydrogens is 264 g/mol. The minimum Gasteiger partial charge on any atom is -0.313 e. The summed E-state index contributed by atoms with van der Waals surface area (Å²) in [5.41, 5.74) is 1.56. The van der Waals surface area contributed by atoms with Crippen LogP contribution < -0.4 is 10.0 Å². The molecule has 3 N–H and O–H groups in total. The molecule has 0 spiro atoms. The van der Waals surface area contributed by atoms with Crippen LogP contribution in [0, 0.1) is 0 Å². The number of aromatic nitrogens is 2. The van der Waals surface area contributed by atoms with Crippen LogP contribution >= 0.6 is 0 Å². The van der Waals surface area contributed by atoms with Gasteiger partial charge in [-0.3, -0.25) is 9.82 Å². The molecule has 0 aliphatic heterocycles. The van der Waals surface area contributed by atoms with Crippen LogP contribution in [-0.4, -0.2) is 25.2 Å². The van der Waals surface area contributed by atoms with Gasteiger partial charge in [-0.15, -0.1) is 0 Å². The van der Waals surface area contributed by atoms with Crippen LogP contribution in [0.4, 0.5) is 5.69 Å². The average Bonchev–Trinajstić information content (AvgIpc) is 2.91. The number of rotatable bonds is 6. The number of nitrogens with one attached hydrogen (secondary N) is 3. The molecule has 0 saturated heterocycles. The van der Waals surface area contributed by atoms with E-state index < -0.39 is 10.0 Å². The number of nitrogens with zero attached hydrogens (tertiary/aromatic N) is 1. The van der Waals surface area contributed by atoms with Gasteiger partial charge in [0.15, 0.2) is 0 Å². The molecule has 0 saturated carbocycles. The van der Waals surface area contributed by atoms with Crippen LogP contribution in [0.3, 0.4) is 0 Å². The predicted molar refractivity (Wildman–Crippen MR) is 73.2 cm³/mol. The Morgan fingerprint density at radius 2 is 2.21 bits per heavy atom. The molecule has 0 amide bonds. The van der Waals surface area contributed by atoms with Gasteiger partial charge in [0.2, 0.25) is 0 Å². The minimum atomic E-state index is -3.57. The zero-order valence-corrected chi connectivity index (χ0v) is 11.4. The van der Waals surface area contributed by atoms with E-state index in [9.17, 15) is 8.42 Å². The van der Waals surface area contributed by atoms with Crippen LogP contribution in [-0.2, 0) is 16.6 Å². The molecule has 0 radical (unpaired) electrons. The summed E-state index contributed by atoms with van der Waals surface area (Å²) in [6.07, 6.45) is 2.61. The highest BCUT2D eigenvalue weighted by Gasteiger charge is 2.15. The maximum Gasteiger partial charge on any atom is 0.265 e. The van der Waals surface area contributed by atoms with Crippen molar-refractivity contribution >= 4 is 15.7 Å². The average molecular weight is 280 g/mol. The van der Waals surface area contributed by atoms with Gasteiger partial charge in [-0.1, -0.05) is 19.1 Å². The van der Waals surface area contributed by atoms with Crippen LogP contribution in [0.1, 0.15) is 12.5 Å². The van der Waals surface area contributed by atoms with Crippen LogP contribution in [0.5, 0.6) is 0 Å². The van der Waals surface area contributed by atoms with Gasteiger partial charge in [-0.05, 0) is 24.2 Å². The minimum absolute atomic E-state index is 0.115. The SMILES string of the molecule is CCNCc1cccc(NS(=O)(=O)c2cn[nH]c2)c1. The van der Waals surface area contributed by atoms with Crippen molar-refractivity contribution in [1.29, 1.82) is 0 Å². The van der Waals surface area contributed by atoms with Gasteiger partial charge in [-0.25, -0.2) is 8.42 Å². The monoisotopic (exact) mass is 280 g/mol. The van der Waals surface area contributed by atoms with Crippen LogP contribution in [0.2, 0.25) is 0 Å². The summed E-state index contributed by atoms with van der Waals surface area (Å²) in [4.78, 5) is 0.115. The van der Waals surface area contributed by atoms with E-state index >= 15 is 0 Å². The van der Waals surface area contributed by atoms with E-state index in [0.29, 0.717) is 12.2 Å². The lowest BCUT2D eigenvalue weighted by atomic mass is 10.2. The molecule has 1 aromatic heterocycles. The van der Waals surface area contributed by atoms with E-state index in [0.717, 1.165) is 12.1 Å². The summed E-state index contributed by atoms with van der Waals surface area (Å²) in [6.45, 7) is 3.59. The molecule has 0 atom stereocenters. The molecule has 6 nitrogen and oxygen atoms in total. The Kier molecular flexibility index (Phi) is 4.18. The molecule has 0 bridgehead atoms. The quantitative estimate of drug-likeness (QED) is 0.745. The van der Waals surface area contributed by atoms with Crippen molar-refractivity contribution in [3.8, 4) is 0 Å². The Morgan fingerprint density at radius 3 is 2.89 bits per heavy atom. The van der Waals surface area contributed by atoms with Crippen molar-refractivity contribution in [2.75, 3.05) is 11.3 Å². The first kappa shape index (κ1) is 13.6. The third-order valence-corrected chi connectivity index (χ3v) is 3.89. The third-order valence-electron chi connectivity index (χ3n) is 2.54. The highest BCUT2D eigenvalue weighted by molar-refractivity contribution is 7.92. The summed E-state index contributed by atoms with van der Waals surface area (Å²) in [6, 6.07) is 7.28. The van der Waals surface area contributed by atoms with Gasteiger partial charge in [0.05, 0.1) is 6.20 Å². The molecule has 19 heavy (non-hydrogen) atoms. The van der Waals surface area contributed by atoms with Crippen molar-refractivity contribution < 1.29 is 8.42 Å². The van der Waals surface area contributed by atoms with Crippen LogP contribution in [0.25, 0.3) is 0 Å². The van der Waals surface area contributed by atoms with Crippen molar-refractivity contribution in [2.45, 2.75) is 18.4 Å². The summed E-state index contributed by atoms with van der Waals surface area (Å²) in [7, 11) is -3.57. The van der Waals surface area contributed by atoms with Crippen molar-refractivity contribution in [2.24, 2.45) is 0 Å². The number of benzene rings is 1. The van der Waals surface area contributed by atoms with E-state index in [1.807, 2.05) is 19.1 Å². The summed E-state index contributed by atoms with van der Waals surface area (Å²) < 4.78 is 26.5. The normalized spacial score (nSPS) is 11.4. The number of anilines is 1. The largest absolute Gasteiger partial charge is 0.313 e. The molecule has 2 aromatic rings. The van der Waals surface area contributed by atoms with Gasteiger partial charge in [0, 0.05) is 18.4 Å². The lowest BCUT2D eigenvalue weighted by Crippen LogP contribution is -2.14. The molecule has 1 aromatic carbocycles. The second kappa shape index (κ2) is 5.85. The summed E-state index contributed by atoms with van der Waals surface area (Å²) in [5.74, 6) is 0. The molecule has 0 aliphatic carbocycles. The van der Waals surface area contributed by atoms with Crippen molar-refractivity contribution in [1.82, 2.24) is 15.5 Å². The first-order valence-electron chi connectivity index (χ1n) is 5.93. The van der Waals surface area contributed by atoms with E-state index in [-0.39, 0.29) is 4.90 Å². The molecular formula is C12H16N4O2S. The molecule has 0 unspecified atom stereocenters. The predicted octanol–water partition coefficient (Wildman–Crippen LogP) is 1.32. The van der Waals surface area contributed by atoms with E-state index in [1.165, 1.54) is 12.4 Å². The van der Waals surface area contributed by atoms with Crippen molar-refractivity contribution in [3.05, 3.63) is 42.2 Å². The van der Waals surface area contributed by atoms with Gasteiger partial charge in [0.1, 0.15) is 4.90 Å². The number of H-pyrrole nitrogens is 1. The molecule has 0 fully saturated rings. The summed E-state index contributed by atoms with van der Waals surface area (Å²) >= 11 is 0. The Labute approximate surface area is 112 Å². The second-order valence-electron chi connectivity index (χ2n) is 4.02. The fraction of sp³-hybridized carbons (Fsp3) is 0.250. The van der Waals surface area contributed by atoms with Crippen LogP contribution in [0.15, 0.2) is 41.6 Å². The Hall–Kier alpha value is -1.86. The smallest absolute Gasteiger partial charge is 0.265 e. The zero-order valence-electron chi connectivity index (χ0n) is 10.6. The molecule has 1 heterocycles. The topological polar surface area (TPSA) is 86.9 Å². The zero-order chi connectivity index (χ0) is 13.7. The first-order chi connectivity index (χ1) is 9.12. The highest BCUT2D eigenvalue weighted by Crippen LogP contribution is 2.16. The van der Waals surface area contributed by atoms with Gasteiger partial charge >= 0.3 is 0 Å². The lowest BCUT2D eigenvalue weighted by molar-refractivity contribution is 0.601.